The molecule has 2 atom stereocenters. The van der Waals surface area contributed by atoms with Crippen molar-refractivity contribution in [2.75, 3.05) is 44.2 Å². The number of halogens is 1. The summed E-state index contributed by atoms with van der Waals surface area (Å²) in [6, 6.07) is 7.51. The fraction of sp³-hybridized carbons (Fsp3) is 0.632. The summed E-state index contributed by atoms with van der Waals surface area (Å²) in [6.07, 6.45) is 2.91. The van der Waals surface area contributed by atoms with Gasteiger partial charge in [-0.1, -0.05) is 18.6 Å². The Bertz CT molecular complexity index is 591. The number of piperazine rings is 1. The summed E-state index contributed by atoms with van der Waals surface area (Å²) in [5.41, 5.74) is 0.901. The molecule has 146 valence electrons. The van der Waals surface area contributed by atoms with Gasteiger partial charge in [-0.05, 0) is 31.9 Å². The fourth-order valence-corrected chi connectivity index (χ4v) is 3.75. The molecular weight excluding hydrogens is 443 g/mol. The Morgan fingerprint density at radius 3 is 2.54 bits per heavy atom. The molecule has 0 bridgehead atoms. The predicted octanol–water partition coefficient (Wildman–Crippen LogP) is 2.26. The van der Waals surface area contributed by atoms with Crippen LogP contribution in [-0.4, -0.2) is 66.4 Å². The number of benzene rings is 1. The first kappa shape index (κ1) is 21.1. The molecule has 1 aromatic carbocycles. The van der Waals surface area contributed by atoms with Crippen LogP contribution in [0, 0.1) is 5.92 Å². The Balaban J connectivity index is 0.00000243. The Morgan fingerprint density at radius 1 is 1.19 bits per heavy atom. The first-order valence-corrected chi connectivity index (χ1v) is 9.43. The molecule has 1 aromatic rings. The van der Waals surface area contributed by atoms with Crippen molar-refractivity contribution in [3.63, 3.8) is 0 Å². The lowest BCUT2D eigenvalue weighted by atomic mass is 10.1. The molecule has 0 spiro atoms. The summed E-state index contributed by atoms with van der Waals surface area (Å²) in [5, 5.41) is 23.4. The molecular formula is C19H31IN4O2. The average Bonchev–Trinajstić information content (AvgIpc) is 3.04. The van der Waals surface area contributed by atoms with Gasteiger partial charge in [-0.25, -0.2) is 0 Å². The zero-order valence-electron chi connectivity index (χ0n) is 15.5. The summed E-state index contributed by atoms with van der Waals surface area (Å²) >= 11 is 0. The van der Waals surface area contributed by atoms with Gasteiger partial charge in [0.1, 0.15) is 5.75 Å². The van der Waals surface area contributed by atoms with Gasteiger partial charge in [-0.15, -0.1) is 24.0 Å². The van der Waals surface area contributed by atoms with E-state index in [1.165, 1.54) is 0 Å². The number of nitrogens with one attached hydrogen (secondary N) is 1. The van der Waals surface area contributed by atoms with Crippen LogP contribution >= 0.6 is 24.0 Å². The van der Waals surface area contributed by atoms with E-state index >= 15 is 0 Å². The summed E-state index contributed by atoms with van der Waals surface area (Å²) < 4.78 is 0. The van der Waals surface area contributed by atoms with Crippen molar-refractivity contribution in [1.29, 1.82) is 0 Å². The topological polar surface area (TPSA) is 71.3 Å². The molecule has 1 aliphatic heterocycles. The van der Waals surface area contributed by atoms with Crippen molar-refractivity contribution >= 4 is 35.6 Å². The van der Waals surface area contributed by atoms with Gasteiger partial charge in [0, 0.05) is 45.2 Å². The van der Waals surface area contributed by atoms with Crippen LogP contribution < -0.4 is 10.2 Å². The molecule has 1 saturated heterocycles. The molecule has 3 N–H and O–H groups in total. The van der Waals surface area contributed by atoms with Gasteiger partial charge in [0.05, 0.1) is 11.8 Å². The maximum absolute atomic E-state index is 10.0. The standard InChI is InChI=1S/C19H30N4O2.HI/c1-2-20-19(21-14-15-6-5-9-17(15)24)23-12-10-22(11-13-23)16-7-3-4-8-18(16)25;/h3-4,7-8,15,17,24-25H,2,5-6,9-14H2,1H3,(H,20,21);1H. The normalized spacial score (nSPS) is 23.7. The molecule has 2 aliphatic rings. The number of anilines is 1. The highest BCUT2D eigenvalue weighted by molar-refractivity contribution is 14.0. The Morgan fingerprint density at radius 2 is 1.92 bits per heavy atom. The number of aliphatic hydroxyl groups excluding tert-OH is 1. The first-order valence-electron chi connectivity index (χ1n) is 9.43. The van der Waals surface area contributed by atoms with E-state index in [4.69, 9.17) is 4.99 Å². The highest BCUT2D eigenvalue weighted by atomic mass is 127. The number of aliphatic imine (C=N–C) groups is 1. The quantitative estimate of drug-likeness (QED) is 0.355. The molecule has 0 aromatic heterocycles. The van der Waals surface area contributed by atoms with Gasteiger partial charge in [-0.3, -0.25) is 4.99 Å². The fourth-order valence-electron chi connectivity index (χ4n) is 3.75. The third kappa shape index (κ3) is 5.16. The van der Waals surface area contributed by atoms with E-state index < -0.39 is 0 Å². The molecule has 1 heterocycles. The zero-order chi connectivity index (χ0) is 17.6. The average molecular weight is 474 g/mol. The Kier molecular flexibility index (Phi) is 8.27. The number of rotatable bonds is 4. The van der Waals surface area contributed by atoms with Crippen molar-refractivity contribution in [1.82, 2.24) is 10.2 Å². The van der Waals surface area contributed by atoms with Gasteiger partial charge < -0.3 is 25.3 Å². The van der Waals surface area contributed by atoms with Gasteiger partial charge in [0.15, 0.2) is 5.96 Å². The number of guanidine groups is 1. The van der Waals surface area contributed by atoms with E-state index in [9.17, 15) is 10.2 Å². The highest BCUT2D eigenvalue weighted by Crippen LogP contribution is 2.27. The summed E-state index contributed by atoms with van der Waals surface area (Å²) in [6.45, 7) is 7.07. The number of phenols is 1. The number of para-hydroxylation sites is 2. The molecule has 0 amide bonds. The van der Waals surface area contributed by atoms with E-state index in [2.05, 4.69) is 22.0 Å². The van der Waals surface area contributed by atoms with Gasteiger partial charge in [-0.2, -0.15) is 0 Å². The van der Waals surface area contributed by atoms with Crippen molar-refractivity contribution in [3.05, 3.63) is 24.3 Å². The molecule has 7 heteroatoms. The molecule has 0 radical (unpaired) electrons. The third-order valence-corrected chi connectivity index (χ3v) is 5.23. The molecule has 26 heavy (non-hydrogen) atoms. The number of hydrogen-bond acceptors (Lipinski definition) is 4. The summed E-state index contributed by atoms with van der Waals surface area (Å²) in [4.78, 5) is 9.29. The SMILES string of the molecule is CCNC(=NCC1CCCC1O)N1CCN(c2ccccc2O)CC1.I. The Labute approximate surface area is 173 Å². The first-order chi connectivity index (χ1) is 12.2. The maximum Gasteiger partial charge on any atom is 0.194 e. The van der Waals surface area contributed by atoms with Crippen LogP contribution in [0.25, 0.3) is 0 Å². The predicted molar refractivity (Wildman–Crippen MR) is 117 cm³/mol. The van der Waals surface area contributed by atoms with Gasteiger partial charge in [0.25, 0.3) is 0 Å². The van der Waals surface area contributed by atoms with Crippen LogP contribution in [0.2, 0.25) is 0 Å². The van der Waals surface area contributed by atoms with E-state index in [0.29, 0.717) is 18.2 Å². The smallest absolute Gasteiger partial charge is 0.194 e. The lowest BCUT2D eigenvalue weighted by Gasteiger charge is -2.38. The van der Waals surface area contributed by atoms with E-state index in [-0.39, 0.29) is 30.1 Å². The number of nitrogens with zero attached hydrogens (tertiary/aromatic N) is 3. The minimum absolute atomic E-state index is 0. The van der Waals surface area contributed by atoms with Crippen molar-refractivity contribution in [2.45, 2.75) is 32.3 Å². The van der Waals surface area contributed by atoms with Crippen LogP contribution in [0.5, 0.6) is 5.75 Å². The van der Waals surface area contributed by atoms with Crippen molar-refractivity contribution < 1.29 is 10.2 Å². The number of hydrogen-bond donors (Lipinski definition) is 3. The second-order valence-corrected chi connectivity index (χ2v) is 6.92. The zero-order valence-corrected chi connectivity index (χ0v) is 17.8. The Hall–Kier alpha value is -1.22. The van der Waals surface area contributed by atoms with Gasteiger partial charge in [0.2, 0.25) is 0 Å². The highest BCUT2D eigenvalue weighted by Gasteiger charge is 2.26. The van der Waals surface area contributed by atoms with E-state index in [1.807, 2.05) is 18.2 Å². The van der Waals surface area contributed by atoms with Crippen LogP contribution in [0.4, 0.5) is 5.69 Å². The lowest BCUT2D eigenvalue weighted by molar-refractivity contribution is 0.136. The summed E-state index contributed by atoms with van der Waals surface area (Å²) in [5.74, 6) is 1.58. The molecule has 6 nitrogen and oxygen atoms in total. The second kappa shape index (κ2) is 10.2. The van der Waals surface area contributed by atoms with Crippen LogP contribution in [0.15, 0.2) is 29.3 Å². The van der Waals surface area contributed by atoms with E-state index in [1.54, 1.807) is 6.07 Å². The lowest BCUT2D eigenvalue weighted by Crippen LogP contribution is -2.52. The maximum atomic E-state index is 10.0. The molecule has 2 unspecified atom stereocenters. The monoisotopic (exact) mass is 474 g/mol. The minimum atomic E-state index is -0.190. The number of aromatic hydroxyl groups is 1. The third-order valence-electron chi connectivity index (χ3n) is 5.23. The minimum Gasteiger partial charge on any atom is -0.506 e. The summed E-state index contributed by atoms with van der Waals surface area (Å²) in [7, 11) is 0. The number of phenolic OH excluding ortho intramolecular Hbond substituents is 1. The molecule has 3 rings (SSSR count). The molecule has 1 saturated carbocycles. The van der Waals surface area contributed by atoms with E-state index in [0.717, 1.165) is 63.6 Å². The molecule has 1 aliphatic carbocycles. The second-order valence-electron chi connectivity index (χ2n) is 6.92. The van der Waals surface area contributed by atoms with Crippen LogP contribution in [-0.2, 0) is 0 Å². The number of aliphatic hydroxyl groups is 1. The largest absolute Gasteiger partial charge is 0.506 e. The van der Waals surface area contributed by atoms with Crippen LogP contribution in [0.1, 0.15) is 26.2 Å². The van der Waals surface area contributed by atoms with Gasteiger partial charge >= 0.3 is 0 Å². The molecule has 2 fully saturated rings. The van der Waals surface area contributed by atoms with Crippen molar-refractivity contribution in [2.24, 2.45) is 10.9 Å². The van der Waals surface area contributed by atoms with Crippen molar-refractivity contribution in [3.8, 4) is 5.75 Å². The van der Waals surface area contributed by atoms with Crippen LogP contribution in [0.3, 0.4) is 0 Å².